The number of nitro benzene ring substituents is 2. The van der Waals surface area contributed by atoms with Crippen LogP contribution in [0.2, 0.25) is 0 Å². The summed E-state index contributed by atoms with van der Waals surface area (Å²) in [7, 11) is 3.75. The maximum absolute atomic E-state index is 11.9. The van der Waals surface area contributed by atoms with E-state index in [-0.39, 0.29) is 42.6 Å². The first-order chi connectivity index (χ1) is 12.8. The quantitative estimate of drug-likeness (QED) is 0.354. The van der Waals surface area contributed by atoms with Crippen molar-refractivity contribution in [1.29, 1.82) is 0 Å². The third-order valence-corrected chi connectivity index (χ3v) is 3.43. The summed E-state index contributed by atoms with van der Waals surface area (Å²) < 4.78 is 0. The topological polar surface area (TPSA) is 131 Å². The van der Waals surface area contributed by atoms with Gasteiger partial charge in [-0.05, 0) is 21.0 Å². The lowest BCUT2D eigenvalue weighted by molar-refractivity contribution is -0.392. The van der Waals surface area contributed by atoms with Gasteiger partial charge < -0.3 is 15.5 Å². The van der Waals surface area contributed by atoms with Gasteiger partial charge in [0.25, 0.3) is 17.3 Å². The zero-order chi connectivity index (χ0) is 21.0. The molecule has 0 fully saturated rings. The van der Waals surface area contributed by atoms with Crippen LogP contribution in [0.1, 0.15) is 17.3 Å². The average molecular weight is 424 g/mol. The molecule has 0 aliphatic carbocycles. The van der Waals surface area contributed by atoms with Crippen LogP contribution in [0.15, 0.2) is 12.1 Å². The SMILES string of the molecule is CCNC(=O)c1cc([N+](=O)[O-])c(N(CCCl)CCCl)c([N+](=O)[O-])c1.CNC. The maximum atomic E-state index is 11.9. The second kappa shape index (κ2) is 13.1. The maximum Gasteiger partial charge on any atom is 0.300 e. The molecule has 10 nitrogen and oxygen atoms in total. The first kappa shape index (κ1) is 24.8. The van der Waals surface area contributed by atoms with Crippen LogP contribution in [-0.2, 0) is 0 Å². The van der Waals surface area contributed by atoms with E-state index in [2.05, 4.69) is 10.6 Å². The molecule has 12 heteroatoms. The molecule has 0 saturated heterocycles. The van der Waals surface area contributed by atoms with Crippen molar-refractivity contribution in [3.05, 3.63) is 37.9 Å². The number of nitrogens with one attached hydrogen (secondary N) is 2. The molecule has 0 bridgehead atoms. The van der Waals surface area contributed by atoms with Crippen molar-refractivity contribution in [3.8, 4) is 0 Å². The number of benzene rings is 1. The number of nitrogens with zero attached hydrogens (tertiary/aromatic N) is 3. The normalized spacial score (nSPS) is 9.81. The molecule has 27 heavy (non-hydrogen) atoms. The van der Waals surface area contributed by atoms with Crippen LogP contribution >= 0.6 is 23.2 Å². The number of carbonyl (C=O) groups is 1. The van der Waals surface area contributed by atoms with E-state index in [1.807, 2.05) is 14.1 Å². The molecule has 0 heterocycles. The van der Waals surface area contributed by atoms with Gasteiger partial charge in [-0.1, -0.05) is 0 Å². The van der Waals surface area contributed by atoms with Gasteiger partial charge in [0, 0.05) is 43.5 Å². The fourth-order valence-corrected chi connectivity index (χ4v) is 2.55. The summed E-state index contributed by atoms with van der Waals surface area (Å²) >= 11 is 11.4. The first-order valence-corrected chi connectivity index (χ1v) is 9.06. The zero-order valence-corrected chi connectivity index (χ0v) is 16.8. The van der Waals surface area contributed by atoms with E-state index in [1.165, 1.54) is 4.90 Å². The Balaban J connectivity index is 0.00000210. The molecule has 0 unspecified atom stereocenters. The second-order valence-electron chi connectivity index (χ2n) is 5.10. The highest BCUT2D eigenvalue weighted by atomic mass is 35.5. The van der Waals surface area contributed by atoms with Crippen molar-refractivity contribution in [1.82, 2.24) is 10.6 Å². The zero-order valence-electron chi connectivity index (χ0n) is 15.3. The molecule has 0 radical (unpaired) electrons. The van der Waals surface area contributed by atoms with Crippen LogP contribution in [0.4, 0.5) is 17.1 Å². The lowest BCUT2D eigenvalue weighted by atomic mass is 10.1. The van der Waals surface area contributed by atoms with Gasteiger partial charge in [0.15, 0.2) is 5.69 Å². The Labute approximate surface area is 167 Å². The lowest BCUT2D eigenvalue weighted by Crippen LogP contribution is -2.29. The molecule has 0 aliphatic heterocycles. The number of alkyl halides is 2. The molecular weight excluding hydrogens is 401 g/mol. The smallest absolute Gasteiger partial charge is 0.300 e. The highest BCUT2D eigenvalue weighted by molar-refractivity contribution is 6.18. The lowest BCUT2D eigenvalue weighted by Gasteiger charge is -2.22. The van der Waals surface area contributed by atoms with Crippen LogP contribution in [0.25, 0.3) is 0 Å². The molecule has 1 amide bonds. The highest BCUT2D eigenvalue weighted by Crippen LogP contribution is 2.38. The Morgan fingerprint density at radius 2 is 1.48 bits per heavy atom. The third kappa shape index (κ3) is 7.53. The molecule has 2 N–H and O–H groups in total. The van der Waals surface area contributed by atoms with E-state index in [1.54, 1.807) is 6.92 Å². The van der Waals surface area contributed by atoms with Crippen LogP contribution in [0.5, 0.6) is 0 Å². The Bertz CT molecular complexity index is 618. The van der Waals surface area contributed by atoms with Crippen molar-refractivity contribution in [2.75, 3.05) is 50.4 Å². The number of halogens is 2. The number of amides is 1. The number of nitro groups is 2. The van der Waals surface area contributed by atoms with Gasteiger partial charge in [0.1, 0.15) is 0 Å². The van der Waals surface area contributed by atoms with E-state index in [0.29, 0.717) is 0 Å². The molecule has 0 atom stereocenters. The fourth-order valence-electron chi connectivity index (χ4n) is 2.14. The molecule has 0 saturated carbocycles. The summed E-state index contributed by atoms with van der Waals surface area (Å²) in [5, 5.41) is 28.0. The van der Waals surface area contributed by atoms with Gasteiger partial charge in [0.05, 0.1) is 15.4 Å². The van der Waals surface area contributed by atoms with Crippen molar-refractivity contribution in [3.63, 3.8) is 0 Å². The second-order valence-corrected chi connectivity index (χ2v) is 5.86. The van der Waals surface area contributed by atoms with E-state index in [4.69, 9.17) is 23.2 Å². The van der Waals surface area contributed by atoms with Crippen LogP contribution < -0.4 is 15.5 Å². The monoisotopic (exact) mass is 423 g/mol. The number of hydrogen-bond acceptors (Lipinski definition) is 7. The molecule has 152 valence electrons. The molecule has 1 aromatic carbocycles. The molecule has 1 rings (SSSR count). The molecule has 0 spiro atoms. The minimum atomic E-state index is -0.763. The standard InChI is InChI=1S/C13H16Cl2N4O5.C2H7N/c1-2-16-13(20)9-7-10(18(21)22)12(11(8-9)19(23)24)17(5-3-14)6-4-15;1-3-2/h7-8H,2-6H2,1H3,(H,16,20);3H,1-2H3. The van der Waals surface area contributed by atoms with E-state index in [9.17, 15) is 25.0 Å². The van der Waals surface area contributed by atoms with Crippen molar-refractivity contribution in [2.45, 2.75) is 6.92 Å². The minimum absolute atomic E-state index is 0.100. The summed E-state index contributed by atoms with van der Waals surface area (Å²) in [5.41, 5.74) is -1.45. The van der Waals surface area contributed by atoms with Crippen molar-refractivity contribution >= 4 is 46.2 Å². The van der Waals surface area contributed by atoms with E-state index in [0.717, 1.165) is 12.1 Å². The van der Waals surface area contributed by atoms with E-state index < -0.39 is 27.1 Å². The minimum Gasteiger partial charge on any atom is -0.358 e. The average Bonchev–Trinajstić information content (AvgIpc) is 2.61. The summed E-state index contributed by atoms with van der Waals surface area (Å²) in [6.45, 7) is 2.22. The Hall–Kier alpha value is -2.17. The molecule has 0 aromatic heterocycles. The van der Waals surface area contributed by atoms with Gasteiger partial charge >= 0.3 is 0 Å². The Kier molecular flexibility index (Phi) is 12.0. The highest BCUT2D eigenvalue weighted by Gasteiger charge is 2.32. The first-order valence-electron chi connectivity index (χ1n) is 7.99. The van der Waals surface area contributed by atoms with Crippen LogP contribution in [0.3, 0.4) is 0 Å². The molecule has 1 aromatic rings. The number of hydrogen-bond donors (Lipinski definition) is 2. The number of carbonyl (C=O) groups excluding carboxylic acids is 1. The molecular formula is C15H23Cl2N5O5. The predicted octanol–water partition coefficient (Wildman–Crippen LogP) is 2.37. The van der Waals surface area contributed by atoms with Crippen molar-refractivity contribution in [2.24, 2.45) is 0 Å². The van der Waals surface area contributed by atoms with Gasteiger partial charge in [-0.25, -0.2) is 0 Å². The Morgan fingerprint density at radius 3 is 1.78 bits per heavy atom. The van der Waals surface area contributed by atoms with Gasteiger partial charge in [-0.2, -0.15) is 0 Å². The van der Waals surface area contributed by atoms with Crippen LogP contribution in [-0.4, -0.2) is 61.2 Å². The van der Waals surface area contributed by atoms with E-state index >= 15 is 0 Å². The number of rotatable bonds is 9. The van der Waals surface area contributed by atoms with Crippen molar-refractivity contribution < 1.29 is 14.6 Å². The predicted molar refractivity (Wildman–Crippen MR) is 106 cm³/mol. The van der Waals surface area contributed by atoms with Gasteiger partial charge in [-0.15, -0.1) is 23.2 Å². The fraction of sp³-hybridized carbons (Fsp3) is 0.533. The summed E-state index contributed by atoms with van der Waals surface area (Å²) in [5.74, 6) is -0.427. The summed E-state index contributed by atoms with van der Waals surface area (Å²) in [4.78, 5) is 34.6. The van der Waals surface area contributed by atoms with Crippen LogP contribution in [0, 0.1) is 20.2 Å². The summed E-state index contributed by atoms with van der Waals surface area (Å²) in [6, 6.07) is 2.03. The van der Waals surface area contributed by atoms with Gasteiger partial charge in [-0.3, -0.25) is 25.0 Å². The molecule has 0 aliphatic rings. The van der Waals surface area contributed by atoms with Gasteiger partial charge in [0.2, 0.25) is 0 Å². The Morgan fingerprint density at radius 1 is 1.07 bits per heavy atom. The summed E-state index contributed by atoms with van der Waals surface area (Å²) in [6.07, 6.45) is 0. The third-order valence-electron chi connectivity index (χ3n) is 3.09. The number of anilines is 1. The largest absolute Gasteiger partial charge is 0.358 e.